The van der Waals surface area contributed by atoms with Gasteiger partial charge in [-0.25, -0.2) is 8.78 Å². The molecule has 0 aliphatic rings. The molecule has 100 valence electrons. The van der Waals surface area contributed by atoms with Crippen LogP contribution in [0, 0.1) is 18.6 Å². The third kappa shape index (κ3) is 2.54. The molecule has 0 aliphatic heterocycles. The molecule has 7 heteroatoms. The summed E-state index contributed by atoms with van der Waals surface area (Å²) in [7, 11) is 1.67. The van der Waals surface area contributed by atoms with Crippen LogP contribution in [0.15, 0.2) is 18.3 Å². The van der Waals surface area contributed by atoms with Gasteiger partial charge in [0.05, 0.1) is 22.6 Å². The van der Waals surface area contributed by atoms with Gasteiger partial charge in [-0.3, -0.25) is 9.48 Å². The van der Waals surface area contributed by atoms with Gasteiger partial charge in [0.15, 0.2) is 0 Å². The molecule has 0 saturated heterocycles. The zero-order chi connectivity index (χ0) is 14.2. The summed E-state index contributed by atoms with van der Waals surface area (Å²) in [6.07, 6.45) is 1.51. The molecule has 0 saturated carbocycles. The number of halogens is 2. The lowest BCUT2D eigenvalue weighted by atomic mass is 10.2. The van der Waals surface area contributed by atoms with Crippen LogP contribution in [0.4, 0.5) is 20.2 Å². The molecule has 1 amide bonds. The summed E-state index contributed by atoms with van der Waals surface area (Å²) in [5.74, 6) is -2.29. The van der Waals surface area contributed by atoms with Crippen molar-refractivity contribution in [2.24, 2.45) is 7.05 Å². The lowest BCUT2D eigenvalue weighted by molar-refractivity contribution is 0.102. The first kappa shape index (κ1) is 13.0. The maximum atomic E-state index is 13.5. The summed E-state index contributed by atoms with van der Waals surface area (Å²) < 4.78 is 27.9. The van der Waals surface area contributed by atoms with Gasteiger partial charge in [-0.2, -0.15) is 5.10 Å². The predicted molar refractivity (Wildman–Crippen MR) is 66.7 cm³/mol. The Morgan fingerprint density at radius 1 is 1.37 bits per heavy atom. The van der Waals surface area contributed by atoms with Crippen LogP contribution in [-0.2, 0) is 7.05 Å². The predicted octanol–water partition coefficient (Wildman–Crippen LogP) is 1.84. The minimum Gasteiger partial charge on any atom is -0.396 e. The number of benzene rings is 1. The van der Waals surface area contributed by atoms with E-state index in [0.717, 1.165) is 6.07 Å². The zero-order valence-corrected chi connectivity index (χ0v) is 10.4. The van der Waals surface area contributed by atoms with Crippen molar-refractivity contribution in [2.75, 3.05) is 11.1 Å². The molecule has 0 bridgehead atoms. The number of nitrogens with one attached hydrogen (secondary N) is 1. The molecule has 2 aromatic rings. The number of aromatic nitrogens is 2. The third-order valence-electron chi connectivity index (χ3n) is 2.59. The lowest BCUT2D eigenvalue weighted by Gasteiger charge is -2.07. The maximum Gasteiger partial charge on any atom is 0.259 e. The second kappa shape index (κ2) is 4.68. The molecular weight excluding hydrogens is 254 g/mol. The summed E-state index contributed by atoms with van der Waals surface area (Å²) in [6.45, 7) is 1.66. The molecule has 5 nitrogen and oxygen atoms in total. The number of hydrogen-bond acceptors (Lipinski definition) is 3. The molecule has 1 aromatic carbocycles. The fourth-order valence-corrected chi connectivity index (χ4v) is 1.67. The standard InChI is InChI=1S/C12H12F2N4O/c1-6-7(5-18(2)17-6)12(19)16-11-4-10(15)8(13)3-9(11)14/h3-5H,15H2,1-2H3,(H,16,19). The fourth-order valence-electron chi connectivity index (χ4n) is 1.67. The number of nitrogen functional groups attached to an aromatic ring is 1. The largest absolute Gasteiger partial charge is 0.396 e. The van der Waals surface area contributed by atoms with Crippen LogP contribution in [0.1, 0.15) is 16.1 Å². The van der Waals surface area contributed by atoms with E-state index < -0.39 is 17.5 Å². The van der Waals surface area contributed by atoms with Gasteiger partial charge in [0.25, 0.3) is 5.91 Å². The molecule has 0 fully saturated rings. The van der Waals surface area contributed by atoms with Crippen LogP contribution in [0.3, 0.4) is 0 Å². The molecule has 0 spiro atoms. The van der Waals surface area contributed by atoms with E-state index in [1.54, 1.807) is 14.0 Å². The van der Waals surface area contributed by atoms with Gasteiger partial charge in [0, 0.05) is 19.3 Å². The summed E-state index contributed by atoms with van der Waals surface area (Å²) in [6, 6.07) is 1.66. The molecule has 1 aromatic heterocycles. The lowest BCUT2D eigenvalue weighted by Crippen LogP contribution is -2.14. The highest BCUT2D eigenvalue weighted by Gasteiger charge is 2.15. The normalized spacial score (nSPS) is 10.5. The van der Waals surface area contributed by atoms with E-state index in [9.17, 15) is 13.6 Å². The van der Waals surface area contributed by atoms with Crippen LogP contribution in [-0.4, -0.2) is 15.7 Å². The molecule has 0 aliphatic carbocycles. The van der Waals surface area contributed by atoms with Crippen molar-refractivity contribution in [1.29, 1.82) is 0 Å². The Labute approximate surface area is 108 Å². The minimum atomic E-state index is -0.887. The quantitative estimate of drug-likeness (QED) is 0.815. The Morgan fingerprint density at radius 3 is 2.63 bits per heavy atom. The second-order valence-electron chi connectivity index (χ2n) is 4.11. The van der Waals surface area contributed by atoms with Crippen LogP contribution in [0.25, 0.3) is 0 Å². The Hall–Kier alpha value is -2.44. The number of hydrogen-bond donors (Lipinski definition) is 2. The molecule has 3 N–H and O–H groups in total. The Bertz CT molecular complexity index is 651. The first-order valence-corrected chi connectivity index (χ1v) is 5.44. The average Bonchev–Trinajstić information content (AvgIpc) is 2.65. The molecule has 19 heavy (non-hydrogen) atoms. The smallest absolute Gasteiger partial charge is 0.259 e. The first-order valence-electron chi connectivity index (χ1n) is 5.44. The van der Waals surface area contributed by atoms with Crippen molar-refractivity contribution in [1.82, 2.24) is 9.78 Å². The average molecular weight is 266 g/mol. The summed E-state index contributed by atoms with van der Waals surface area (Å²) in [5.41, 5.74) is 5.74. The van der Waals surface area contributed by atoms with E-state index in [1.807, 2.05) is 0 Å². The third-order valence-corrected chi connectivity index (χ3v) is 2.59. The number of anilines is 2. The van der Waals surface area contributed by atoms with E-state index in [-0.39, 0.29) is 11.4 Å². The highest BCUT2D eigenvalue weighted by Crippen LogP contribution is 2.21. The molecule has 0 atom stereocenters. The van der Waals surface area contributed by atoms with Gasteiger partial charge in [0.2, 0.25) is 0 Å². The molecule has 0 radical (unpaired) electrons. The number of carbonyl (C=O) groups excluding carboxylic acids is 1. The summed E-state index contributed by atoms with van der Waals surface area (Å²) >= 11 is 0. The topological polar surface area (TPSA) is 72.9 Å². The minimum absolute atomic E-state index is 0.174. The van der Waals surface area contributed by atoms with Crippen LogP contribution in [0.2, 0.25) is 0 Å². The monoisotopic (exact) mass is 266 g/mol. The van der Waals surface area contributed by atoms with Crippen molar-refractivity contribution in [2.45, 2.75) is 6.92 Å². The van der Waals surface area contributed by atoms with Gasteiger partial charge in [0.1, 0.15) is 11.6 Å². The summed E-state index contributed by atoms with van der Waals surface area (Å²) in [4.78, 5) is 11.9. The van der Waals surface area contributed by atoms with Crippen LogP contribution in [0.5, 0.6) is 0 Å². The molecule has 1 heterocycles. The Balaban J connectivity index is 2.29. The zero-order valence-electron chi connectivity index (χ0n) is 10.4. The molecule has 2 rings (SSSR count). The maximum absolute atomic E-state index is 13.5. The van der Waals surface area contributed by atoms with Gasteiger partial charge in [-0.05, 0) is 13.0 Å². The number of nitrogens with zero attached hydrogens (tertiary/aromatic N) is 2. The van der Waals surface area contributed by atoms with Crippen molar-refractivity contribution < 1.29 is 13.6 Å². The highest BCUT2D eigenvalue weighted by molar-refractivity contribution is 6.05. The van der Waals surface area contributed by atoms with Gasteiger partial charge in [-0.15, -0.1) is 0 Å². The summed E-state index contributed by atoms with van der Waals surface area (Å²) in [5, 5.41) is 6.34. The Kier molecular flexibility index (Phi) is 3.20. The molecule has 0 unspecified atom stereocenters. The van der Waals surface area contributed by atoms with Gasteiger partial charge in [-0.1, -0.05) is 0 Å². The number of rotatable bonds is 2. The van der Waals surface area contributed by atoms with Crippen molar-refractivity contribution in [3.63, 3.8) is 0 Å². The van der Waals surface area contributed by atoms with E-state index in [4.69, 9.17) is 5.73 Å². The van der Waals surface area contributed by atoms with E-state index in [0.29, 0.717) is 17.3 Å². The van der Waals surface area contributed by atoms with Crippen LogP contribution < -0.4 is 11.1 Å². The van der Waals surface area contributed by atoms with Gasteiger partial charge >= 0.3 is 0 Å². The van der Waals surface area contributed by atoms with E-state index in [2.05, 4.69) is 10.4 Å². The highest BCUT2D eigenvalue weighted by atomic mass is 19.1. The Morgan fingerprint density at radius 2 is 2.05 bits per heavy atom. The number of carbonyl (C=O) groups is 1. The van der Waals surface area contributed by atoms with Gasteiger partial charge < -0.3 is 11.1 Å². The molecular formula is C12H12F2N4O. The number of aryl methyl sites for hydroxylation is 2. The fraction of sp³-hybridized carbons (Fsp3) is 0.167. The van der Waals surface area contributed by atoms with Crippen LogP contribution >= 0.6 is 0 Å². The van der Waals surface area contributed by atoms with Crippen molar-refractivity contribution in [3.05, 3.63) is 41.2 Å². The van der Waals surface area contributed by atoms with Crippen molar-refractivity contribution >= 4 is 17.3 Å². The second-order valence-corrected chi connectivity index (χ2v) is 4.11. The van der Waals surface area contributed by atoms with E-state index >= 15 is 0 Å². The first-order chi connectivity index (χ1) is 8.88. The SMILES string of the molecule is Cc1nn(C)cc1C(=O)Nc1cc(N)c(F)cc1F. The van der Waals surface area contributed by atoms with E-state index in [1.165, 1.54) is 10.9 Å². The number of nitrogens with two attached hydrogens (primary N) is 1. The van der Waals surface area contributed by atoms with Crippen molar-refractivity contribution in [3.8, 4) is 0 Å². The number of amides is 1.